The maximum Gasteiger partial charge on any atom is 0.511 e. The average Bonchev–Trinajstić information content (AvgIpc) is 2.73. The van der Waals surface area contributed by atoms with Crippen LogP contribution in [0.25, 0.3) is 22.6 Å². The Labute approximate surface area is 178 Å². The van der Waals surface area contributed by atoms with Crippen molar-refractivity contribution >= 4 is 10.0 Å². The Hall–Kier alpha value is -2.78. The van der Waals surface area contributed by atoms with Crippen molar-refractivity contribution in [2.45, 2.75) is 32.3 Å². The molecule has 1 aromatic heterocycles. The highest BCUT2D eigenvalue weighted by Crippen LogP contribution is 2.35. The van der Waals surface area contributed by atoms with Crippen molar-refractivity contribution in [2.75, 3.05) is 6.54 Å². The van der Waals surface area contributed by atoms with E-state index < -0.39 is 22.1 Å². The number of rotatable bonds is 3. The van der Waals surface area contributed by atoms with E-state index >= 15 is 0 Å². The lowest BCUT2D eigenvalue weighted by Crippen LogP contribution is -2.43. The van der Waals surface area contributed by atoms with Crippen LogP contribution in [0.2, 0.25) is 0 Å². The van der Waals surface area contributed by atoms with Gasteiger partial charge in [-0.05, 0) is 13.8 Å². The van der Waals surface area contributed by atoms with Crippen molar-refractivity contribution in [2.24, 2.45) is 0 Å². The zero-order valence-corrected chi connectivity index (χ0v) is 17.8. The molecule has 0 bridgehead atoms. The highest BCUT2D eigenvalue weighted by molar-refractivity contribution is 7.89. The summed E-state index contributed by atoms with van der Waals surface area (Å²) in [5.74, 6) is 0.460. The molecule has 0 unspecified atom stereocenters. The first-order valence-electron chi connectivity index (χ1n) is 9.66. The summed E-state index contributed by atoms with van der Waals surface area (Å²) in [5.41, 5.74) is -0.357. The van der Waals surface area contributed by atoms with Gasteiger partial charge in [0, 0.05) is 36.2 Å². The molecule has 0 spiro atoms. The Morgan fingerprint density at radius 3 is 1.97 bits per heavy atom. The lowest BCUT2D eigenvalue weighted by molar-refractivity contribution is -0.0492. The molecule has 1 aliphatic rings. The van der Waals surface area contributed by atoms with E-state index in [2.05, 4.69) is 9.97 Å². The number of aromatic nitrogens is 2. The molecule has 0 aliphatic carbocycles. The molecule has 4 rings (SSSR count). The Bertz CT molecular complexity index is 1220. The molecule has 1 aliphatic heterocycles. The molecule has 162 valence electrons. The topological polar surface area (TPSA) is 63.2 Å². The summed E-state index contributed by atoms with van der Waals surface area (Å²) >= 11 is 0. The van der Waals surface area contributed by atoms with Crippen LogP contribution in [-0.2, 0) is 23.0 Å². The van der Waals surface area contributed by atoms with Crippen LogP contribution in [0.4, 0.5) is 13.2 Å². The molecule has 2 aromatic carbocycles. The van der Waals surface area contributed by atoms with Gasteiger partial charge < -0.3 is 0 Å². The fraction of sp³-hybridized carbons (Fsp3) is 0.273. The summed E-state index contributed by atoms with van der Waals surface area (Å²) in [6.45, 7) is 3.18. The number of benzene rings is 2. The monoisotopic (exact) mass is 447 g/mol. The quantitative estimate of drug-likeness (QED) is 0.587. The third kappa shape index (κ3) is 4.07. The molecule has 0 radical (unpaired) electrons. The smallest absolute Gasteiger partial charge is 0.233 e. The van der Waals surface area contributed by atoms with Gasteiger partial charge in [-0.2, -0.15) is 17.5 Å². The molecule has 2 heterocycles. The van der Waals surface area contributed by atoms with Gasteiger partial charge in [0.2, 0.25) is 0 Å². The number of fused-ring (bicyclic) bond motifs is 1. The summed E-state index contributed by atoms with van der Waals surface area (Å²) in [6.07, 6.45) is 0.0743. The minimum Gasteiger partial charge on any atom is -0.233 e. The van der Waals surface area contributed by atoms with E-state index in [-0.39, 0.29) is 13.0 Å². The standard InChI is InChI=1S/C22H20F3N3O2S/c1-14-3-7-16(8-4-14)20-18-13-28(31(29,30)22(23,24)25)12-11-19(18)26-21(27-20)17-9-5-15(2)6-10-17/h3-10H,11-13H2,1-2H3. The van der Waals surface area contributed by atoms with Crippen molar-refractivity contribution in [1.29, 1.82) is 0 Å². The first kappa shape index (κ1) is 21.5. The van der Waals surface area contributed by atoms with Crippen molar-refractivity contribution in [3.63, 3.8) is 0 Å². The van der Waals surface area contributed by atoms with Gasteiger partial charge in [-0.1, -0.05) is 59.7 Å². The molecule has 0 atom stereocenters. The maximum absolute atomic E-state index is 13.1. The third-order valence-corrected chi connectivity index (χ3v) is 6.87. The second-order valence-corrected chi connectivity index (χ2v) is 9.52. The van der Waals surface area contributed by atoms with Crippen LogP contribution in [0.1, 0.15) is 22.4 Å². The average molecular weight is 447 g/mol. The molecule has 5 nitrogen and oxygen atoms in total. The molecular formula is C22H20F3N3O2S. The van der Waals surface area contributed by atoms with Crippen LogP contribution in [0.3, 0.4) is 0 Å². The van der Waals surface area contributed by atoms with Gasteiger partial charge in [0.15, 0.2) is 5.82 Å². The van der Waals surface area contributed by atoms with Gasteiger partial charge in [-0.15, -0.1) is 0 Å². The number of hydrogen-bond donors (Lipinski definition) is 0. The second kappa shape index (κ2) is 7.72. The van der Waals surface area contributed by atoms with Gasteiger partial charge >= 0.3 is 15.5 Å². The number of alkyl halides is 3. The van der Waals surface area contributed by atoms with Crippen LogP contribution in [-0.4, -0.2) is 34.7 Å². The van der Waals surface area contributed by atoms with Crippen molar-refractivity contribution in [1.82, 2.24) is 14.3 Å². The second-order valence-electron chi connectivity index (χ2n) is 7.59. The first-order valence-corrected chi connectivity index (χ1v) is 11.1. The fourth-order valence-corrected chi connectivity index (χ4v) is 4.45. The Kier molecular flexibility index (Phi) is 5.35. The Morgan fingerprint density at radius 1 is 0.871 bits per heavy atom. The number of hydrogen-bond acceptors (Lipinski definition) is 4. The molecular weight excluding hydrogens is 427 g/mol. The summed E-state index contributed by atoms with van der Waals surface area (Å²) in [6, 6.07) is 15.0. The zero-order chi connectivity index (χ0) is 22.4. The largest absolute Gasteiger partial charge is 0.511 e. The number of sulfonamides is 1. The summed E-state index contributed by atoms with van der Waals surface area (Å²) in [7, 11) is -5.44. The van der Waals surface area contributed by atoms with Crippen molar-refractivity contribution in [3.8, 4) is 22.6 Å². The lowest BCUT2D eigenvalue weighted by atomic mass is 9.99. The van der Waals surface area contributed by atoms with E-state index in [4.69, 9.17) is 0 Å². The molecule has 0 fully saturated rings. The van der Waals surface area contributed by atoms with Crippen LogP contribution in [0.5, 0.6) is 0 Å². The SMILES string of the molecule is Cc1ccc(-c2nc3c(c(-c4ccc(C)cc4)n2)CN(S(=O)(=O)C(F)(F)F)CC3)cc1. The zero-order valence-electron chi connectivity index (χ0n) is 16.9. The van der Waals surface area contributed by atoms with E-state index in [0.717, 1.165) is 16.7 Å². The van der Waals surface area contributed by atoms with Crippen LogP contribution in [0, 0.1) is 13.8 Å². The van der Waals surface area contributed by atoms with Gasteiger partial charge in [0.1, 0.15) is 0 Å². The lowest BCUT2D eigenvalue weighted by Gasteiger charge is -2.29. The minimum absolute atomic E-state index is 0.0743. The van der Waals surface area contributed by atoms with E-state index in [1.54, 1.807) is 0 Å². The molecule has 0 N–H and O–H groups in total. The fourth-order valence-electron chi connectivity index (χ4n) is 3.52. The normalized spacial score (nSPS) is 15.0. The first-order chi connectivity index (χ1) is 14.6. The highest BCUT2D eigenvalue weighted by atomic mass is 32.2. The van der Waals surface area contributed by atoms with Crippen LogP contribution in [0.15, 0.2) is 48.5 Å². The third-order valence-electron chi connectivity index (χ3n) is 5.29. The molecule has 0 saturated heterocycles. The number of nitrogens with zero attached hydrogens (tertiary/aromatic N) is 3. The number of aryl methyl sites for hydroxylation is 2. The van der Waals surface area contributed by atoms with Crippen molar-refractivity contribution in [3.05, 3.63) is 70.9 Å². The maximum atomic E-state index is 13.1. The number of halogens is 3. The Balaban J connectivity index is 1.86. The summed E-state index contributed by atoms with van der Waals surface area (Å²) in [5, 5.41) is 0. The van der Waals surface area contributed by atoms with Crippen LogP contribution < -0.4 is 0 Å². The van der Waals surface area contributed by atoms with Gasteiger partial charge in [0.05, 0.1) is 11.4 Å². The van der Waals surface area contributed by atoms with E-state index in [1.807, 2.05) is 62.4 Å². The van der Waals surface area contributed by atoms with E-state index in [9.17, 15) is 21.6 Å². The minimum atomic E-state index is -5.44. The van der Waals surface area contributed by atoms with Gasteiger partial charge in [-0.3, -0.25) is 0 Å². The molecule has 0 saturated carbocycles. The predicted octanol–water partition coefficient (Wildman–Crippen LogP) is 4.64. The Morgan fingerprint density at radius 2 is 1.42 bits per heavy atom. The van der Waals surface area contributed by atoms with Gasteiger partial charge in [0.25, 0.3) is 0 Å². The summed E-state index contributed by atoms with van der Waals surface area (Å²) < 4.78 is 63.8. The molecule has 31 heavy (non-hydrogen) atoms. The van der Waals surface area contributed by atoms with E-state index in [1.165, 1.54) is 0 Å². The van der Waals surface area contributed by atoms with Crippen molar-refractivity contribution < 1.29 is 21.6 Å². The predicted molar refractivity (Wildman–Crippen MR) is 111 cm³/mol. The van der Waals surface area contributed by atoms with E-state index in [0.29, 0.717) is 32.6 Å². The highest BCUT2D eigenvalue weighted by Gasteiger charge is 2.50. The molecule has 3 aromatic rings. The molecule has 0 amide bonds. The summed E-state index contributed by atoms with van der Waals surface area (Å²) in [4.78, 5) is 9.23. The molecule has 9 heteroatoms. The van der Waals surface area contributed by atoms with Crippen LogP contribution >= 0.6 is 0 Å². The van der Waals surface area contributed by atoms with Gasteiger partial charge in [-0.25, -0.2) is 18.4 Å².